The number of hydrogen-bond donors (Lipinski definition) is 0. The fourth-order valence-corrected chi connectivity index (χ4v) is 4.47. The van der Waals surface area contributed by atoms with Crippen LogP contribution >= 0.6 is 0 Å². The van der Waals surface area contributed by atoms with E-state index in [1.165, 1.54) is 24.6 Å². The van der Waals surface area contributed by atoms with Gasteiger partial charge in [0, 0.05) is 13.2 Å². The number of halogens is 6. The molecule has 4 rings (SSSR count). The number of imidazole rings is 2. The molecule has 0 unspecified atom stereocenters. The molecule has 0 spiro atoms. The number of fused-ring (bicyclic) bond motifs is 2. The Morgan fingerprint density at radius 1 is 1.03 bits per heavy atom. The highest BCUT2D eigenvalue weighted by Gasteiger charge is 2.38. The number of nitrogens with zero attached hydrogens (tertiary/aromatic N) is 5. The maximum absolute atomic E-state index is 13.6. The van der Waals surface area contributed by atoms with Gasteiger partial charge in [0.2, 0.25) is 0 Å². The number of aryl methyl sites for hydroxylation is 1. The Labute approximate surface area is 176 Å². The number of sulfone groups is 1. The minimum atomic E-state index is -4.90. The van der Waals surface area contributed by atoms with Crippen molar-refractivity contribution in [3.63, 3.8) is 0 Å². The molecule has 0 atom stereocenters. The third-order valence-electron chi connectivity index (χ3n) is 4.81. The lowest BCUT2D eigenvalue weighted by Crippen LogP contribution is -2.16. The summed E-state index contributed by atoms with van der Waals surface area (Å²) in [5.41, 5.74) is -3.32. The van der Waals surface area contributed by atoms with E-state index in [1.54, 1.807) is 0 Å². The SMILES string of the molecule is CCS(=O)(=O)c1c(-c2nc3cc(C(F)(F)F)cnc3n2C)nc2cccc(C(F)(F)F)n12. The third kappa shape index (κ3) is 3.38. The molecule has 0 aromatic carbocycles. The second kappa shape index (κ2) is 6.92. The standard InChI is InChI=1S/C18H13F6N5O2S/c1-3-32(30,31)16-13(27-12-6-4-5-11(29(12)16)18(22,23)24)15-26-10-7-9(17(19,20)21)8-25-14(10)28(15)2/h4-8H,3H2,1-2H3. The molecule has 0 fully saturated rings. The topological polar surface area (TPSA) is 82.1 Å². The van der Waals surface area contributed by atoms with Crippen molar-refractivity contribution >= 4 is 26.6 Å². The minimum Gasteiger partial charge on any atom is -0.310 e. The molecule has 0 N–H and O–H groups in total. The highest BCUT2D eigenvalue weighted by atomic mass is 32.2. The molecule has 32 heavy (non-hydrogen) atoms. The van der Waals surface area contributed by atoms with Crippen molar-refractivity contribution in [1.82, 2.24) is 23.9 Å². The van der Waals surface area contributed by atoms with Gasteiger partial charge in [-0.15, -0.1) is 0 Å². The first-order chi connectivity index (χ1) is 14.8. The van der Waals surface area contributed by atoms with Crippen LogP contribution in [0.2, 0.25) is 0 Å². The summed E-state index contributed by atoms with van der Waals surface area (Å²) in [6.07, 6.45) is -9.01. The van der Waals surface area contributed by atoms with Gasteiger partial charge in [-0.1, -0.05) is 13.0 Å². The van der Waals surface area contributed by atoms with Crippen molar-refractivity contribution in [1.29, 1.82) is 0 Å². The Morgan fingerprint density at radius 2 is 1.72 bits per heavy atom. The first kappa shape index (κ1) is 22.0. The van der Waals surface area contributed by atoms with E-state index in [9.17, 15) is 34.8 Å². The lowest BCUT2D eigenvalue weighted by Gasteiger charge is -2.12. The molecular weight excluding hydrogens is 464 g/mol. The molecule has 14 heteroatoms. The number of hydrogen-bond acceptors (Lipinski definition) is 5. The molecule has 4 aromatic heterocycles. The molecule has 0 saturated carbocycles. The quantitative estimate of drug-likeness (QED) is 0.415. The van der Waals surface area contributed by atoms with Crippen molar-refractivity contribution in [2.75, 3.05) is 5.75 Å². The van der Waals surface area contributed by atoms with Gasteiger partial charge in [-0.25, -0.2) is 23.4 Å². The van der Waals surface area contributed by atoms with E-state index in [-0.39, 0.29) is 22.6 Å². The van der Waals surface area contributed by atoms with Gasteiger partial charge in [-0.3, -0.25) is 4.40 Å². The molecule has 170 valence electrons. The predicted molar refractivity (Wildman–Crippen MR) is 100 cm³/mol. The Bertz CT molecular complexity index is 1470. The smallest absolute Gasteiger partial charge is 0.310 e. The van der Waals surface area contributed by atoms with E-state index in [1.807, 2.05) is 0 Å². The van der Waals surface area contributed by atoms with Gasteiger partial charge in [0.1, 0.15) is 22.6 Å². The van der Waals surface area contributed by atoms with Crippen LogP contribution in [0.25, 0.3) is 28.3 Å². The summed E-state index contributed by atoms with van der Waals surface area (Å²) in [5, 5.41) is -0.752. The summed E-state index contributed by atoms with van der Waals surface area (Å²) in [7, 11) is -2.93. The number of aromatic nitrogens is 5. The van der Waals surface area contributed by atoms with Crippen LogP contribution in [0.4, 0.5) is 26.3 Å². The Hall–Kier alpha value is -3.16. The molecule has 0 saturated heterocycles. The van der Waals surface area contributed by atoms with Crippen LogP contribution in [0.5, 0.6) is 0 Å². The highest BCUT2D eigenvalue weighted by molar-refractivity contribution is 7.91. The predicted octanol–water partition coefficient (Wildman–Crippen LogP) is 4.11. The summed E-state index contributed by atoms with van der Waals surface area (Å²) in [5.74, 6) is -0.781. The highest BCUT2D eigenvalue weighted by Crippen LogP contribution is 2.37. The molecule has 0 aliphatic heterocycles. The molecule has 7 nitrogen and oxygen atoms in total. The van der Waals surface area contributed by atoms with E-state index in [0.717, 1.165) is 12.1 Å². The summed E-state index contributed by atoms with van der Waals surface area (Å²) in [4.78, 5) is 11.8. The first-order valence-electron chi connectivity index (χ1n) is 8.97. The molecule has 0 bridgehead atoms. The number of alkyl halides is 6. The zero-order chi connectivity index (χ0) is 23.6. The van der Waals surface area contributed by atoms with Gasteiger partial charge < -0.3 is 4.57 Å². The normalized spacial score (nSPS) is 13.4. The average molecular weight is 477 g/mol. The van der Waals surface area contributed by atoms with Gasteiger partial charge in [-0.2, -0.15) is 26.3 Å². The number of pyridine rings is 2. The fraction of sp³-hybridized carbons (Fsp3) is 0.278. The van der Waals surface area contributed by atoms with E-state index >= 15 is 0 Å². The Kier molecular flexibility index (Phi) is 4.77. The minimum absolute atomic E-state index is 0.0269. The third-order valence-corrected chi connectivity index (χ3v) is 6.54. The number of rotatable bonds is 3. The molecule has 4 heterocycles. The van der Waals surface area contributed by atoms with Gasteiger partial charge in [-0.05, 0) is 18.2 Å². The van der Waals surface area contributed by atoms with E-state index < -0.39 is 49.9 Å². The molecule has 4 aromatic rings. The summed E-state index contributed by atoms with van der Waals surface area (Å²) >= 11 is 0. The Morgan fingerprint density at radius 3 is 2.31 bits per heavy atom. The second-order valence-electron chi connectivity index (χ2n) is 6.83. The molecule has 0 amide bonds. The average Bonchev–Trinajstić information content (AvgIpc) is 3.24. The van der Waals surface area contributed by atoms with Gasteiger partial charge >= 0.3 is 12.4 Å². The van der Waals surface area contributed by atoms with Crippen molar-refractivity contribution in [3.8, 4) is 11.5 Å². The van der Waals surface area contributed by atoms with Crippen molar-refractivity contribution in [2.24, 2.45) is 7.05 Å². The lowest BCUT2D eigenvalue weighted by atomic mass is 10.2. The van der Waals surface area contributed by atoms with Crippen LogP contribution in [-0.4, -0.2) is 38.1 Å². The van der Waals surface area contributed by atoms with Crippen LogP contribution in [0.15, 0.2) is 35.5 Å². The van der Waals surface area contributed by atoms with Crippen LogP contribution < -0.4 is 0 Å². The van der Waals surface area contributed by atoms with E-state index in [4.69, 9.17) is 0 Å². The van der Waals surface area contributed by atoms with Crippen LogP contribution in [-0.2, 0) is 29.2 Å². The largest absolute Gasteiger partial charge is 0.431 e. The van der Waals surface area contributed by atoms with Crippen molar-refractivity contribution < 1.29 is 34.8 Å². The fourth-order valence-electron chi connectivity index (χ4n) is 3.30. The van der Waals surface area contributed by atoms with Gasteiger partial charge in [0.05, 0.1) is 11.3 Å². The van der Waals surface area contributed by atoms with Crippen molar-refractivity contribution in [3.05, 3.63) is 41.7 Å². The zero-order valence-electron chi connectivity index (χ0n) is 16.3. The summed E-state index contributed by atoms with van der Waals surface area (Å²) in [6, 6.07) is 3.69. The van der Waals surface area contributed by atoms with E-state index in [2.05, 4.69) is 15.0 Å². The zero-order valence-corrected chi connectivity index (χ0v) is 17.1. The van der Waals surface area contributed by atoms with Crippen molar-refractivity contribution in [2.45, 2.75) is 24.3 Å². The van der Waals surface area contributed by atoms with Gasteiger partial charge in [0.15, 0.2) is 26.3 Å². The van der Waals surface area contributed by atoms with Crippen LogP contribution in [0.1, 0.15) is 18.2 Å². The molecule has 0 radical (unpaired) electrons. The van der Waals surface area contributed by atoms with E-state index in [0.29, 0.717) is 16.7 Å². The maximum Gasteiger partial charge on any atom is 0.431 e. The monoisotopic (exact) mass is 477 g/mol. The molecule has 0 aliphatic rings. The molecular formula is C18H13F6N5O2S. The van der Waals surface area contributed by atoms with Crippen LogP contribution in [0, 0.1) is 0 Å². The maximum atomic E-state index is 13.6. The lowest BCUT2D eigenvalue weighted by molar-refractivity contribution is -0.142. The summed E-state index contributed by atoms with van der Waals surface area (Å²) in [6.45, 7) is 1.25. The summed E-state index contributed by atoms with van der Waals surface area (Å²) < 4.78 is 107. The first-order valence-corrected chi connectivity index (χ1v) is 10.6. The van der Waals surface area contributed by atoms with Gasteiger partial charge in [0.25, 0.3) is 0 Å². The molecule has 0 aliphatic carbocycles. The second-order valence-corrected chi connectivity index (χ2v) is 9.02. The van der Waals surface area contributed by atoms with Crippen LogP contribution in [0.3, 0.4) is 0 Å². The Balaban J connectivity index is 2.11.